The fraction of sp³-hybridized carbons (Fsp3) is 0.235. The van der Waals surface area contributed by atoms with Gasteiger partial charge < -0.3 is 10.1 Å². The van der Waals surface area contributed by atoms with Crippen LogP contribution in [0.3, 0.4) is 0 Å². The van der Waals surface area contributed by atoms with Gasteiger partial charge >= 0.3 is 0 Å². The van der Waals surface area contributed by atoms with Crippen LogP contribution in [0, 0.1) is 24.0 Å². The Morgan fingerprint density at radius 1 is 1.17 bits per heavy atom. The van der Waals surface area contributed by atoms with Gasteiger partial charge in [0, 0.05) is 6.07 Å². The van der Waals surface area contributed by atoms with Gasteiger partial charge in [-0.2, -0.15) is 0 Å². The zero-order valence-electron chi connectivity index (χ0n) is 13.2. The maximum absolute atomic E-state index is 12.2. The summed E-state index contributed by atoms with van der Waals surface area (Å²) < 4.78 is 5.57. The molecule has 0 aliphatic carbocycles. The molecule has 2 aromatic rings. The summed E-state index contributed by atoms with van der Waals surface area (Å²) >= 11 is 0. The van der Waals surface area contributed by atoms with Crippen LogP contribution in [0.5, 0.6) is 5.75 Å². The van der Waals surface area contributed by atoms with Crippen LogP contribution in [0.2, 0.25) is 0 Å². The fourth-order valence-electron chi connectivity index (χ4n) is 2.08. The molecule has 120 valence electrons. The Hall–Kier alpha value is -2.89. The highest BCUT2D eigenvalue weighted by Crippen LogP contribution is 2.25. The third-order valence-corrected chi connectivity index (χ3v) is 3.28. The van der Waals surface area contributed by atoms with Crippen molar-refractivity contribution in [3.8, 4) is 5.75 Å². The lowest BCUT2D eigenvalue weighted by atomic mass is 10.2. The fourth-order valence-corrected chi connectivity index (χ4v) is 2.08. The molecule has 23 heavy (non-hydrogen) atoms. The monoisotopic (exact) mass is 314 g/mol. The lowest BCUT2D eigenvalue weighted by molar-refractivity contribution is -0.384. The van der Waals surface area contributed by atoms with Crippen molar-refractivity contribution in [1.29, 1.82) is 0 Å². The van der Waals surface area contributed by atoms with Crippen LogP contribution in [0.4, 0.5) is 11.4 Å². The van der Waals surface area contributed by atoms with Crippen LogP contribution in [0.15, 0.2) is 42.5 Å². The van der Waals surface area contributed by atoms with E-state index in [1.165, 1.54) is 12.1 Å². The van der Waals surface area contributed by atoms with Crippen molar-refractivity contribution in [3.63, 3.8) is 0 Å². The van der Waals surface area contributed by atoms with Gasteiger partial charge in [-0.3, -0.25) is 14.9 Å². The van der Waals surface area contributed by atoms with Crippen LogP contribution in [-0.4, -0.2) is 16.9 Å². The summed E-state index contributed by atoms with van der Waals surface area (Å²) in [5.74, 6) is 0.129. The van der Waals surface area contributed by atoms with Crippen LogP contribution in [0.25, 0.3) is 0 Å². The number of nitro groups is 1. The number of carbonyl (C=O) groups excluding carboxylic acids is 1. The molecule has 0 heterocycles. The third kappa shape index (κ3) is 4.29. The van der Waals surface area contributed by atoms with Crippen molar-refractivity contribution in [3.05, 3.63) is 63.7 Å². The van der Waals surface area contributed by atoms with Crippen LogP contribution < -0.4 is 10.1 Å². The largest absolute Gasteiger partial charge is 0.481 e. The zero-order chi connectivity index (χ0) is 17.0. The summed E-state index contributed by atoms with van der Waals surface area (Å²) in [5, 5.41) is 13.6. The number of nitrogens with zero attached hydrogens (tertiary/aromatic N) is 1. The minimum atomic E-state index is -0.780. The molecule has 1 amide bonds. The lowest BCUT2D eigenvalue weighted by Crippen LogP contribution is -2.30. The van der Waals surface area contributed by atoms with E-state index in [1.54, 1.807) is 26.0 Å². The second-order valence-corrected chi connectivity index (χ2v) is 5.34. The molecule has 2 rings (SSSR count). The molecule has 0 fully saturated rings. The first-order chi connectivity index (χ1) is 10.9. The Kier molecular flexibility index (Phi) is 4.95. The number of rotatable bonds is 5. The summed E-state index contributed by atoms with van der Waals surface area (Å²) in [5.41, 5.74) is 1.79. The van der Waals surface area contributed by atoms with Gasteiger partial charge in [-0.25, -0.2) is 0 Å². The SMILES string of the molecule is Cc1cccc(O[C@@H](C)C(=O)Nc2ccc(C)cc2[N+](=O)[O-])c1. The predicted molar refractivity (Wildman–Crippen MR) is 87.7 cm³/mol. The molecule has 0 saturated carbocycles. The van der Waals surface area contributed by atoms with Gasteiger partial charge in [0.15, 0.2) is 6.10 Å². The first kappa shape index (κ1) is 16.5. The Morgan fingerprint density at radius 3 is 2.52 bits per heavy atom. The van der Waals surface area contributed by atoms with Gasteiger partial charge in [-0.1, -0.05) is 18.2 Å². The standard InChI is InChI=1S/C17H18N2O4/c1-11-5-4-6-14(9-11)23-13(3)17(20)18-15-8-7-12(2)10-16(15)19(21)22/h4-10,13H,1-3H3,(H,18,20)/t13-/m0/s1. The molecule has 0 radical (unpaired) electrons. The van der Waals surface area contributed by atoms with Crippen molar-refractivity contribution in [2.24, 2.45) is 0 Å². The van der Waals surface area contributed by atoms with E-state index in [4.69, 9.17) is 4.74 Å². The van der Waals surface area contributed by atoms with E-state index in [9.17, 15) is 14.9 Å². The number of nitro benzene ring substituents is 1. The molecule has 1 N–H and O–H groups in total. The third-order valence-electron chi connectivity index (χ3n) is 3.28. The Bertz CT molecular complexity index is 743. The summed E-state index contributed by atoms with van der Waals surface area (Å²) in [6, 6.07) is 12.0. The Labute approximate surface area is 134 Å². The number of hydrogen-bond donors (Lipinski definition) is 1. The molecule has 1 atom stereocenters. The Morgan fingerprint density at radius 2 is 1.87 bits per heavy atom. The summed E-state index contributed by atoms with van der Waals surface area (Å²) in [6.45, 7) is 5.27. The molecule has 0 spiro atoms. The number of hydrogen-bond acceptors (Lipinski definition) is 4. The van der Waals surface area contributed by atoms with Crippen molar-refractivity contribution in [2.45, 2.75) is 26.9 Å². The molecular weight excluding hydrogens is 296 g/mol. The van der Waals surface area contributed by atoms with E-state index in [2.05, 4.69) is 5.32 Å². The normalized spacial score (nSPS) is 11.6. The number of carbonyl (C=O) groups is 1. The van der Waals surface area contributed by atoms with Crippen molar-refractivity contribution in [1.82, 2.24) is 0 Å². The zero-order valence-corrected chi connectivity index (χ0v) is 13.2. The molecule has 6 nitrogen and oxygen atoms in total. The Balaban J connectivity index is 2.11. The smallest absolute Gasteiger partial charge is 0.293 e. The first-order valence-electron chi connectivity index (χ1n) is 7.16. The molecule has 0 aromatic heterocycles. The topological polar surface area (TPSA) is 81.5 Å². The summed E-state index contributed by atoms with van der Waals surface area (Å²) in [7, 11) is 0. The highest BCUT2D eigenvalue weighted by Gasteiger charge is 2.20. The van der Waals surface area contributed by atoms with E-state index >= 15 is 0 Å². The van der Waals surface area contributed by atoms with Crippen molar-refractivity contribution < 1.29 is 14.5 Å². The van der Waals surface area contributed by atoms with Crippen LogP contribution >= 0.6 is 0 Å². The molecule has 0 unspecified atom stereocenters. The van der Waals surface area contributed by atoms with E-state index in [0.717, 1.165) is 11.1 Å². The maximum Gasteiger partial charge on any atom is 0.293 e. The van der Waals surface area contributed by atoms with Gasteiger partial charge in [0.1, 0.15) is 11.4 Å². The van der Waals surface area contributed by atoms with E-state index in [1.807, 2.05) is 25.1 Å². The van der Waals surface area contributed by atoms with Crippen molar-refractivity contribution in [2.75, 3.05) is 5.32 Å². The molecule has 2 aromatic carbocycles. The first-order valence-corrected chi connectivity index (χ1v) is 7.16. The predicted octanol–water partition coefficient (Wildman–Crippen LogP) is 3.62. The maximum atomic E-state index is 12.2. The molecule has 0 aliphatic rings. The van der Waals surface area contributed by atoms with Crippen LogP contribution in [-0.2, 0) is 4.79 Å². The molecule has 0 saturated heterocycles. The second kappa shape index (κ2) is 6.91. The highest BCUT2D eigenvalue weighted by molar-refractivity contribution is 5.96. The number of benzene rings is 2. The number of amides is 1. The minimum absolute atomic E-state index is 0.138. The van der Waals surface area contributed by atoms with E-state index in [0.29, 0.717) is 5.75 Å². The van der Waals surface area contributed by atoms with Gasteiger partial charge in [0.05, 0.1) is 4.92 Å². The molecular formula is C17H18N2O4. The molecule has 0 bridgehead atoms. The number of ether oxygens (including phenoxy) is 1. The van der Waals surface area contributed by atoms with Gasteiger partial charge in [-0.05, 0) is 50.1 Å². The summed E-state index contributed by atoms with van der Waals surface area (Å²) in [4.78, 5) is 22.8. The quantitative estimate of drug-likeness (QED) is 0.675. The van der Waals surface area contributed by atoms with E-state index < -0.39 is 16.9 Å². The number of nitrogens with one attached hydrogen (secondary N) is 1. The van der Waals surface area contributed by atoms with Gasteiger partial charge in [0.25, 0.3) is 11.6 Å². The molecule has 0 aliphatic heterocycles. The lowest BCUT2D eigenvalue weighted by Gasteiger charge is -2.15. The van der Waals surface area contributed by atoms with Crippen LogP contribution in [0.1, 0.15) is 18.1 Å². The van der Waals surface area contributed by atoms with Gasteiger partial charge in [0.2, 0.25) is 0 Å². The molecule has 6 heteroatoms. The van der Waals surface area contributed by atoms with Gasteiger partial charge in [-0.15, -0.1) is 0 Å². The van der Waals surface area contributed by atoms with Crippen molar-refractivity contribution >= 4 is 17.3 Å². The minimum Gasteiger partial charge on any atom is -0.481 e. The second-order valence-electron chi connectivity index (χ2n) is 5.34. The number of aryl methyl sites for hydroxylation is 2. The average Bonchev–Trinajstić information content (AvgIpc) is 2.48. The summed E-state index contributed by atoms with van der Waals surface area (Å²) in [6.07, 6.45) is -0.780. The number of anilines is 1. The highest BCUT2D eigenvalue weighted by atomic mass is 16.6. The van der Waals surface area contributed by atoms with E-state index in [-0.39, 0.29) is 11.4 Å². The average molecular weight is 314 g/mol.